The normalized spacial score (nSPS) is 10.8. The maximum atomic E-state index is 6.25. The first-order chi connectivity index (χ1) is 8.13. The third-order valence-corrected chi connectivity index (χ3v) is 3.32. The first-order valence-corrected chi connectivity index (χ1v) is 5.93. The zero-order valence-electron chi connectivity index (χ0n) is 10.3. The van der Waals surface area contributed by atoms with E-state index >= 15 is 0 Å². The van der Waals surface area contributed by atoms with Crippen molar-refractivity contribution >= 4 is 11.6 Å². The van der Waals surface area contributed by atoms with Gasteiger partial charge in [-0.05, 0) is 31.2 Å². The zero-order chi connectivity index (χ0) is 12.4. The van der Waals surface area contributed by atoms with Crippen LogP contribution in [0, 0.1) is 6.92 Å². The Morgan fingerprint density at radius 3 is 2.71 bits per heavy atom. The molecule has 0 aliphatic rings. The summed E-state index contributed by atoms with van der Waals surface area (Å²) in [7, 11) is 3.85. The molecule has 0 unspecified atom stereocenters. The van der Waals surface area contributed by atoms with Crippen LogP contribution in [0.1, 0.15) is 11.3 Å². The summed E-state index contributed by atoms with van der Waals surface area (Å²) in [5.74, 6) is 0. The van der Waals surface area contributed by atoms with Gasteiger partial charge in [0.25, 0.3) is 0 Å². The molecular weight excluding hydrogens is 234 g/mol. The van der Waals surface area contributed by atoms with Crippen LogP contribution in [0.3, 0.4) is 0 Å². The maximum Gasteiger partial charge on any atom is 0.0571 e. The van der Waals surface area contributed by atoms with E-state index in [0.29, 0.717) is 0 Å². The Labute approximate surface area is 106 Å². The van der Waals surface area contributed by atoms with Crippen molar-refractivity contribution in [3.8, 4) is 11.1 Å². The number of aryl methyl sites for hydroxylation is 1. The Hall–Kier alpha value is -1.32. The largest absolute Gasteiger partial charge is 0.316 e. The predicted molar refractivity (Wildman–Crippen MR) is 71.2 cm³/mol. The lowest BCUT2D eigenvalue weighted by molar-refractivity contribution is 0.740. The average molecular weight is 250 g/mol. The van der Waals surface area contributed by atoms with Crippen LogP contribution in [0.5, 0.6) is 0 Å². The van der Waals surface area contributed by atoms with Gasteiger partial charge >= 0.3 is 0 Å². The molecule has 2 rings (SSSR count). The van der Waals surface area contributed by atoms with Crippen molar-refractivity contribution in [2.24, 2.45) is 7.05 Å². The number of aromatic nitrogens is 2. The Morgan fingerprint density at radius 2 is 2.18 bits per heavy atom. The number of hydrogen-bond donors (Lipinski definition) is 1. The summed E-state index contributed by atoms with van der Waals surface area (Å²) in [5.41, 5.74) is 4.49. The molecule has 0 aliphatic heterocycles. The van der Waals surface area contributed by atoms with Crippen LogP contribution in [0.15, 0.2) is 24.4 Å². The standard InChI is InChI=1S/C13H16ClN3/c1-9-12(8-16-17(9)3)10-4-5-11(7-15-2)13(14)6-10/h4-6,8,15H,7H2,1-3H3. The molecule has 0 radical (unpaired) electrons. The van der Waals surface area contributed by atoms with Crippen LogP contribution >= 0.6 is 11.6 Å². The van der Waals surface area contributed by atoms with Gasteiger partial charge in [0, 0.05) is 29.9 Å². The van der Waals surface area contributed by atoms with Crippen LogP contribution in [-0.2, 0) is 13.6 Å². The lowest BCUT2D eigenvalue weighted by Crippen LogP contribution is -2.05. The molecule has 90 valence electrons. The highest BCUT2D eigenvalue weighted by Crippen LogP contribution is 2.27. The summed E-state index contributed by atoms with van der Waals surface area (Å²) in [5, 5.41) is 8.13. The van der Waals surface area contributed by atoms with Gasteiger partial charge in [0.2, 0.25) is 0 Å². The van der Waals surface area contributed by atoms with Crippen LogP contribution in [0.4, 0.5) is 0 Å². The third kappa shape index (κ3) is 2.35. The fourth-order valence-electron chi connectivity index (χ4n) is 1.83. The van der Waals surface area contributed by atoms with Gasteiger partial charge in [-0.1, -0.05) is 23.7 Å². The van der Waals surface area contributed by atoms with Crippen LogP contribution < -0.4 is 5.32 Å². The number of halogens is 1. The quantitative estimate of drug-likeness (QED) is 0.907. The van der Waals surface area contributed by atoms with E-state index in [4.69, 9.17) is 11.6 Å². The van der Waals surface area contributed by atoms with Gasteiger partial charge in [0.05, 0.1) is 6.20 Å². The summed E-state index contributed by atoms with van der Waals surface area (Å²) >= 11 is 6.25. The molecule has 17 heavy (non-hydrogen) atoms. The second kappa shape index (κ2) is 4.90. The molecule has 2 aromatic rings. The minimum absolute atomic E-state index is 0.783. The number of rotatable bonds is 3. The molecule has 0 aliphatic carbocycles. The van der Waals surface area contributed by atoms with E-state index in [2.05, 4.69) is 29.5 Å². The van der Waals surface area contributed by atoms with E-state index in [9.17, 15) is 0 Å². The second-order valence-electron chi connectivity index (χ2n) is 4.10. The number of nitrogens with one attached hydrogen (secondary N) is 1. The Bertz CT molecular complexity index is 531. The molecule has 0 saturated heterocycles. The third-order valence-electron chi connectivity index (χ3n) is 2.97. The lowest BCUT2D eigenvalue weighted by Gasteiger charge is -2.06. The molecule has 0 amide bonds. The fraction of sp³-hybridized carbons (Fsp3) is 0.308. The van der Waals surface area contributed by atoms with Crippen molar-refractivity contribution in [2.45, 2.75) is 13.5 Å². The van der Waals surface area contributed by atoms with Crippen molar-refractivity contribution in [2.75, 3.05) is 7.05 Å². The average Bonchev–Trinajstić information content (AvgIpc) is 2.63. The van der Waals surface area contributed by atoms with E-state index in [-0.39, 0.29) is 0 Å². The SMILES string of the molecule is CNCc1ccc(-c2cnn(C)c2C)cc1Cl. The Morgan fingerprint density at radius 1 is 1.41 bits per heavy atom. The summed E-state index contributed by atoms with van der Waals surface area (Å²) in [6, 6.07) is 6.14. The number of hydrogen-bond acceptors (Lipinski definition) is 2. The van der Waals surface area contributed by atoms with E-state index in [1.165, 1.54) is 0 Å². The van der Waals surface area contributed by atoms with Crippen molar-refractivity contribution in [3.63, 3.8) is 0 Å². The summed E-state index contributed by atoms with van der Waals surface area (Å²) in [6.45, 7) is 2.84. The smallest absolute Gasteiger partial charge is 0.0571 e. The summed E-state index contributed by atoms with van der Waals surface area (Å²) < 4.78 is 1.87. The molecule has 1 heterocycles. The highest BCUT2D eigenvalue weighted by molar-refractivity contribution is 6.31. The van der Waals surface area contributed by atoms with Crippen molar-refractivity contribution in [3.05, 3.63) is 40.7 Å². The molecule has 0 spiro atoms. The number of benzene rings is 1. The molecule has 1 aromatic carbocycles. The van der Waals surface area contributed by atoms with Gasteiger partial charge < -0.3 is 5.32 Å². The monoisotopic (exact) mass is 249 g/mol. The molecule has 1 aromatic heterocycles. The fourth-order valence-corrected chi connectivity index (χ4v) is 2.08. The highest BCUT2D eigenvalue weighted by Gasteiger charge is 2.08. The Balaban J connectivity index is 2.41. The van der Waals surface area contributed by atoms with E-state index in [0.717, 1.165) is 34.0 Å². The number of nitrogens with zero attached hydrogens (tertiary/aromatic N) is 2. The molecule has 0 fully saturated rings. The summed E-state index contributed by atoms with van der Waals surface area (Å²) in [6.07, 6.45) is 1.87. The second-order valence-corrected chi connectivity index (χ2v) is 4.51. The van der Waals surface area contributed by atoms with Gasteiger partial charge in [-0.3, -0.25) is 4.68 Å². The van der Waals surface area contributed by atoms with Crippen molar-refractivity contribution in [1.29, 1.82) is 0 Å². The minimum atomic E-state index is 0.783. The van der Waals surface area contributed by atoms with Crippen molar-refractivity contribution in [1.82, 2.24) is 15.1 Å². The molecule has 4 heteroatoms. The first kappa shape index (κ1) is 12.1. The predicted octanol–water partition coefficient (Wildman–Crippen LogP) is 2.77. The van der Waals surface area contributed by atoms with E-state index in [1.807, 2.05) is 31.0 Å². The van der Waals surface area contributed by atoms with Gasteiger partial charge in [-0.2, -0.15) is 5.10 Å². The van der Waals surface area contributed by atoms with Gasteiger partial charge in [0.1, 0.15) is 0 Å². The molecule has 3 nitrogen and oxygen atoms in total. The molecule has 0 atom stereocenters. The van der Waals surface area contributed by atoms with Gasteiger partial charge in [0.15, 0.2) is 0 Å². The zero-order valence-corrected chi connectivity index (χ0v) is 11.0. The van der Waals surface area contributed by atoms with Gasteiger partial charge in [-0.15, -0.1) is 0 Å². The first-order valence-electron chi connectivity index (χ1n) is 5.55. The maximum absolute atomic E-state index is 6.25. The summed E-state index contributed by atoms with van der Waals surface area (Å²) in [4.78, 5) is 0. The van der Waals surface area contributed by atoms with Crippen LogP contribution in [0.25, 0.3) is 11.1 Å². The molecule has 0 saturated carbocycles. The van der Waals surface area contributed by atoms with Crippen LogP contribution in [0.2, 0.25) is 5.02 Å². The van der Waals surface area contributed by atoms with Crippen LogP contribution in [-0.4, -0.2) is 16.8 Å². The molecular formula is C13H16ClN3. The highest BCUT2D eigenvalue weighted by atomic mass is 35.5. The topological polar surface area (TPSA) is 29.9 Å². The van der Waals surface area contributed by atoms with E-state index in [1.54, 1.807) is 0 Å². The minimum Gasteiger partial charge on any atom is -0.316 e. The Kier molecular flexibility index (Phi) is 3.50. The van der Waals surface area contributed by atoms with Crippen molar-refractivity contribution < 1.29 is 0 Å². The van der Waals surface area contributed by atoms with E-state index < -0.39 is 0 Å². The van der Waals surface area contributed by atoms with Gasteiger partial charge in [-0.25, -0.2) is 0 Å². The molecule has 1 N–H and O–H groups in total. The molecule has 0 bridgehead atoms. The lowest BCUT2D eigenvalue weighted by atomic mass is 10.0.